The molecular weight excluding hydrogens is 250 g/mol. The second-order valence-corrected chi connectivity index (χ2v) is 6.55. The van der Waals surface area contributed by atoms with E-state index in [1.165, 1.54) is 25.3 Å². The van der Waals surface area contributed by atoms with Crippen LogP contribution in [0, 0.1) is 0 Å². The van der Waals surface area contributed by atoms with Gasteiger partial charge in [-0.3, -0.25) is 4.79 Å². The number of carboxylic acid groups (broad SMARTS) is 1. The molecule has 1 aromatic heterocycles. The molecule has 1 unspecified atom stereocenters. The summed E-state index contributed by atoms with van der Waals surface area (Å²) in [5, 5.41) is 10.9. The lowest BCUT2D eigenvalue weighted by Gasteiger charge is -2.19. The average Bonchev–Trinajstić information content (AvgIpc) is 2.68. The van der Waals surface area contributed by atoms with Crippen molar-refractivity contribution >= 4 is 27.3 Å². The van der Waals surface area contributed by atoms with E-state index in [2.05, 4.69) is 0 Å². The summed E-state index contributed by atoms with van der Waals surface area (Å²) in [4.78, 5) is 10.6. The minimum absolute atomic E-state index is 0.198. The SMILES string of the molecule is CC(C(=O)O)S(=O)(=O)N(C)Cc1ccsc1. The van der Waals surface area contributed by atoms with Gasteiger partial charge in [0.1, 0.15) is 0 Å². The van der Waals surface area contributed by atoms with Crippen LogP contribution in [0.2, 0.25) is 0 Å². The normalized spacial score (nSPS) is 13.9. The van der Waals surface area contributed by atoms with Crippen LogP contribution < -0.4 is 0 Å². The molecular formula is C9H13NO4S2. The Morgan fingerprint density at radius 2 is 2.25 bits per heavy atom. The minimum Gasteiger partial charge on any atom is -0.480 e. The highest BCUT2D eigenvalue weighted by molar-refractivity contribution is 7.90. The van der Waals surface area contributed by atoms with E-state index in [0.29, 0.717) is 0 Å². The number of rotatable bonds is 5. The summed E-state index contributed by atoms with van der Waals surface area (Å²) in [5.41, 5.74) is 0.855. The van der Waals surface area contributed by atoms with Crippen molar-refractivity contribution in [3.05, 3.63) is 22.4 Å². The summed E-state index contributed by atoms with van der Waals surface area (Å²) in [6.07, 6.45) is 0. The van der Waals surface area contributed by atoms with Gasteiger partial charge in [0.2, 0.25) is 10.0 Å². The molecule has 1 atom stereocenters. The van der Waals surface area contributed by atoms with E-state index in [4.69, 9.17) is 5.11 Å². The van der Waals surface area contributed by atoms with E-state index in [-0.39, 0.29) is 6.54 Å². The number of aliphatic carboxylic acids is 1. The van der Waals surface area contributed by atoms with Gasteiger partial charge >= 0.3 is 5.97 Å². The van der Waals surface area contributed by atoms with Crippen molar-refractivity contribution in [3.8, 4) is 0 Å². The van der Waals surface area contributed by atoms with Gasteiger partial charge in [0.15, 0.2) is 5.25 Å². The van der Waals surface area contributed by atoms with Gasteiger partial charge in [0, 0.05) is 13.6 Å². The number of hydrogen-bond donors (Lipinski definition) is 1. The van der Waals surface area contributed by atoms with Crippen molar-refractivity contribution in [2.75, 3.05) is 7.05 Å². The van der Waals surface area contributed by atoms with Crippen LogP contribution in [0.3, 0.4) is 0 Å². The van der Waals surface area contributed by atoms with Gasteiger partial charge in [-0.1, -0.05) is 0 Å². The highest BCUT2D eigenvalue weighted by atomic mass is 32.2. The maximum Gasteiger partial charge on any atom is 0.323 e. The second kappa shape index (κ2) is 4.94. The lowest BCUT2D eigenvalue weighted by molar-refractivity contribution is -0.136. The van der Waals surface area contributed by atoms with Gasteiger partial charge in [0.25, 0.3) is 0 Å². The molecule has 90 valence electrons. The van der Waals surface area contributed by atoms with Crippen LogP contribution >= 0.6 is 11.3 Å². The van der Waals surface area contributed by atoms with Crippen molar-refractivity contribution in [2.45, 2.75) is 18.7 Å². The van der Waals surface area contributed by atoms with E-state index in [1.54, 1.807) is 0 Å². The molecule has 0 bridgehead atoms. The van der Waals surface area contributed by atoms with Gasteiger partial charge in [-0.25, -0.2) is 8.42 Å². The van der Waals surface area contributed by atoms with E-state index < -0.39 is 21.2 Å². The maximum atomic E-state index is 11.7. The number of nitrogens with zero attached hydrogens (tertiary/aromatic N) is 1. The molecule has 1 heterocycles. The van der Waals surface area contributed by atoms with Gasteiger partial charge < -0.3 is 5.11 Å². The second-order valence-electron chi connectivity index (χ2n) is 3.41. The van der Waals surface area contributed by atoms with E-state index in [9.17, 15) is 13.2 Å². The zero-order chi connectivity index (χ0) is 12.3. The van der Waals surface area contributed by atoms with Crippen LogP contribution in [0.1, 0.15) is 12.5 Å². The third-order valence-electron chi connectivity index (χ3n) is 2.21. The predicted molar refractivity (Wildman–Crippen MR) is 61.8 cm³/mol. The minimum atomic E-state index is -3.78. The Morgan fingerprint density at radius 1 is 1.62 bits per heavy atom. The number of sulfonamides is 1. The van der Waals surface area contributed by atoms with Crippen molar-refractivity contribution in [1.29, 1.82) is 0 Å². The average molecular weight is 263 g/mol. The molecule has 7 heteroatoms. The van der Waals surface area contributed by atoms with Crippen LogP contribution in [0.5, 0.6) is 0 Å². The molecule has 0 fully saturated rings. The van der Waals surface area contributed by atoms with Gasteiger partial charge in [0.05, 0.1) is 0 Å². The highest BCUT2D eigenvalue weighted by Gasteiger charge is 2.31. The van der Waals surface area contributed by atoms with Crippen molar-refractivity contribution in [3.63, 3.8) is 0 Å². The first-order chi connectivity index (χ1) is 7.35. The molecule has 1 aromatic rings. The third kappa shape index (κ3) is 2.81. The zero-order valence-corrected chi connectivity index (χ0v) is 10.6. The van der Waals surface area contributed by atoms with Crippen molar-refractivity contribution < 1.29 is 18.3 Å². The molecule has 0 saturated carbocycles. The fraction of sp³-hybridized carbons (Fsp3) is 0.444. The molecule has 0 aromatic carbocycles. The predicted octanol–water partition coefficient (Wildman–Crippen LogP) is 0.983. The van der Waals surface area contributed by atoms with E-state index in [0.717, 1.165) is 9.87 Å². The van der Waals surface area contributed by atoms with Crippen molar-refractivity contribution in [1.82, 2.24) is 4.31 Å². The van der Waals surface area contributed by atoms with Gasteiger partial charge in [-0.05, 0) is 29.3 Å². The molecule has 0 aliphatic heterocycles. The number of carbonyl (C=O) groups is 1. The van der Waals surface area contributed by atoms with Gasteiger partial charge in [-0.2, -0.15) is 15.6 Å². The number of carboxylic acids is 1. The highest BCUT2D eigenvalue weighted by Crippen LogP contribution is 2.14. The van der Waals surface area contributed by atoms with Crippen LogP contribution in [0.25, 0.3) is 0 Å². The topological polar surface area (TPSA) is 74.7 Å². The first-order valence-corrected chi connectivity index (χ1v) is 6.99. The first-order valence-electron chi connectivity index (χ1n) is 4.54. The molecule has 0 saturated heterocycles. The summed E-state index contributed by atoms with van der Waals surface area (Å²) in [7, 11) is -2.39. The standard InChI is InChI=1S/C9H13NO4S2/c1-7(9(11)12)16(13,14)10(2)5-8-3-4-15-6-8/h3-4,6-7H,5H2,1-2H3,(H,11,12). The number of hydrogen-bond acceptors (Lipinski definition) is 4. The fourth-order valence-corrected chi connectivity index (χ4v) is 2.91. The molecule has 0 amide bonds. The Morgan fingerprint density at radius 3 is 2.69 bits per heavy atom. The lowest BCUT2D eigenvalue weighted by atomic mass is 10.3. The van der Waals surface area contributed by atoms with E-state index in [1.807, 2.05) is 16.8 Å². The summed E-state index contributed by atoms with van der Waals surface area (Å²) < 4.78 is 24.6. The summed E-state index contributed by atoms with van der Waals surface area (Å²) in [5.74, 6) is -1.34. The third-order valence-corrected chi connectivity index (χ3v) is 5.04. The Labute approximate surface area is 98.4 Å². The lowest BCUT2D eigenvalue weighted by Crippen LogP contribution is -2.38. The van der Waals surface area contributed by atoms with Crippen LogP contribution in [-0.4, -0.2) is 36.1 Å². The summed E-state index contributed by atoms with van der Waals surface area (Å²) in [6.45, 7) is 1.37. The van der Waals surface area contributed by atoms with E-state index >= 15 is 0 Å². The Kier molecular flexibility index (Phi) is 4.06. The Bertz CT molecular complexity index is 452. The Balaban J connectivity index is 2.81. The van der Waals surface area contributed by atoms with Crippen LogP contribution in [0.15, 0.2) is 16.8 Å². The largest absolute Gasteiger partial charge is 0.480 e. The summed E-state index contributed by atoms with van der Waals surface area (Å²) in [6, 6.07) is 1.81. The first kappa shape index (κ1) is 13.1. The summed E-state index contributed by atoms with van der Waals surface area (Å²) >= 11 is 1.47. The molecule has 0 aliphatic rings. The molecule has 0 aliphatic carbocycles. The molecule has 1 N–H and O–H groups in total. The molecule has 0 spiro atoms. The molecule has 1 rings (SSSR count). The van der Waals surface area contributed by atoms with Crippen molar-refractivity contribution in [2.24, 2.45) is 0 Å². The maximum absolute atomic E-state index is 11.7. The smallest absolute Gasteiger partial charge is 0.323 e. The monoisotopic (exact) mass is 263 g/mol. The quantitative estimate of drug-likeness (QED) is 0.859. The molecule has 0 radical (unpaired) electrons. The Hall–Kier alpha value is -0.920. The number of thiophene rings is 1. The fourth-order valence-electron chi connectivity index (χ4n) is 1.13. The van der Waals surface area contributed by atoms with Gasteiger partial charge in [-0.15, -0.1) is 0 Å². The molecule has 16 heavy (non-hydrogen) atoms. The zero-order valence-electron chi connectivity index (χ0n) is 8.95. The van der Waals surface area contributed by atoms with Crippen LogP contribution in [0.4, 0.5) is 0 Å². The van der Waals surface area contributed by atoms with Crippen LogP contribution in [-0.2, 0) is 21.4 Å². The molecule has 5 nitrogen and oxygen atoms in total.